The lowest BCUT2D eigenvalue weighted by atomic mass is 10.1. The number of nitrogens with zero attached hydrogens (tertiary/aromatic N) is 4. The fraction of sp³-hybridized carbons (Fsp3) is 0.259. The summed E-state index contributed by atoms with van der Waals surface area (Å²) in [5, 5.41) is 59.9. The first-order chi connectivity index (χ1) is 42.7. The summed E-state index contributed by atoms with van der Waals surface area (Å²) in [4.78, 5) is 96.0. The number of rotatable bonds is 22. The van der Waals surface area contributed by atoms with Crippen molar-refractivity contribution in [3.05, 3.63) is 232 Å². The Kier molecular flexibility index (Phi) is 40.3. The molecule has 0 bridgehead atoms. The Hall–Kier alpha value is -10.3. The van der Waals surface area contributed by atoms with E-state index in [1.807, 2.05) is 45.0 Å². The van der Waals surface area contributed by atoms with Gasteiger partial charge in [0.15, 0.2) is 0 Å². The highest BCUT2D eigenvalue weighted by molar-refractivity contribution is 7.90. The molecule has 2 amide bonds. The zero-order valence-corrected chi connectivity index (χ0v) is 53.2. The number of sulfonamides is 4. The molecule has 0 fully saturated rings. The normalized spacial score (nSPS) is 10.2. The molecule has 0 unspecified atom stereocenters. The van der Waals surface area contributed by atoms with Crippen LogP contribution in [0.5, 0.6) is 0 Å². The number of primary sulfonamides is 2. The van der Waals surface area contributed by atoms with E-state index in [1.165, 1.54) is 48.5 Å². The highest BCUT2D eigenvalue weighted by Gasteiger charge is 2.19. The number of hydrogen-bond acceptors (Lipinski definition) is 24. The van der Waals surface area contributed by atoms with Crippen LogP contribution in [0.2, 0.25) is 0 Å². The standard InChI is InChI=1S/C15H15NO3S.C10H12N2O6S.C8H8O2.2C7H9NO2S.C3H5NO5.2C2H5NO3/c1-12-7-9-14(10-8-12)20(18,19)16-15(17)11-13-5-3-2-4-6-13;1-8-2-4-9(5-3-8)19(16,17)11-10(13)6-7-18-12(14)15;9-8(10)6-7-4-2-1-3-5-7;2*1-6-2-4-7(5-3-6)11(8,9)10;5-3(6)1-2-9-4(7)8;2*1-2-6-3(4)5/h2-10H,11H2,1H3,(H,16,17);2-5H,6-7H2,1H3,(H,11,13);1-5H,6H2,(H,9,10);2*2-5H,1H3,(H2,8,9,10);1-2H2,(H,5,6);2*2H2,1H3. The Balaban J connectivity index is 0. The Morgan fingerprint density at radius 3 is 0.924 bits per heavy atom. The Morgan fingerprint density at radius 1 is 0.402 bits per heavy atom. The molecule has 6 aromatic rings. The third-order valence-corrected chi connectivity index (χ3v) is 14.4. The first kappa shape index (κ1) is 83.8. The van der Waals surface area contributed by atoms with Crippen molar-refractivity contribution in [1.82, 2.24) is 9.44 Å². The molecule has 0 aliphatic heterocycles. The fourth-order valence-corrected chi connectivity index (χ4v) is 8.61. The predicted molar refractivity (Wildman–Crippen MR) is 326 cm³/mol. The number of nitrogens with one attached hydrogen (secondary N) is 2. The molecule has 0 atom stereocenters. The van der Waals surface area contributed by atoms with Gasteiger partial charge in [-0.3, -0.25) is 19.2 Å². The molecule has 34 nitrogen and oxygen atoms in total. The molecule has 92 heavy (non-hydrogen) atoms. The van der Waals surface area contributed by atoms with Crippen molar-refractivity contribution in [3.8, 4) is 0 Å². The van der Waals surface area contributed by atoms with Crippen LogP contribution < -0.4 is 19.7 Å². The maximum Gasteiger partial charge on any atom is 0.307 e. The van der Waals surface area contributed by atoms with Gasteiger partial charge in [-0.15, -0.1) is 40.5 Å². The molecule has 6 rings (SSSR count). The predicted octanol–water partition coefficient (Wildman–Crippen LogP) is 5.14. The molecule has 0 saturated carbocycles. The summed E-state index contributed by atoms with van der Waals surface area (Å²) < 4.78 is 94.3. The van der Waals surface area contributed by atoms with Crippen LogP contribution in [0.4, 0.5) is 0 Å². The molecular formula is C54H68N8O26S4. The third-order valence-electron chi connectivity index (χ3n) is 9.77. The van der Waals surface area contributed by atoms with E-state index in [2.05, 4.69) is 24.1 Å². The largest absolute Gasteiger partial charge is 0.481 e. The summed E-state index contributed by atoms with van der Waals surface area (Å²) in [7, 11) is -14.8. The van der Waals surface area contributed by atoms with Crippen molar-refractivity contribution in [2.45, 2.75) is 86.8 Å². The van der Waals surface area contributed by atoms with Gasteiger partial charge in [0.1, 0.15) is 13.2 Å². The first-order valence-electron chi connectivity index (χ1n) is 25.8. The molecule has 504 valence electrons. The molecule has 0 spiro atoms. The number of amides is 2. The van der Waals surface area contributed by atoms with Gasteiger partial charge in [-0.1, -0.05) is 131 Å². The second-order valence-corrected chi connectivity index (χ2v) is 23.9. The van der Waals surface area contributed by atoms with Crippen LogP contribution in [-0.2, 0) is 91.5 Å². The number of carboxylic acids is 2. The summed E-state index contributed by atoms with van der Waals surface area (Å²) in [6, 6.07) is 43.2. The van der Waals surface area contributed by atoms with Crippen molar-refractivity contribution >= 4 is 63.8 Å². The zero-order chi connectivity index (χ0) is 70.7. The lowest BCUT2D eigenvalue weighted by Gasteiger charge is -2.07. The zero-order valence-electron chi connectivity index (χ0n) is 49.9. The molecule has 0 aromatic heterocycles. The number of hydrogen-bond donors (Lipinski definition) is 6. The van der Waals surface area contributed by atoms with Crippen molar-refractivity contribution in [1.29, 1.82) is 0 Å². The Morgan fingerprint density at radius 2 is 0.674 bits per heavy atom. The van der Waals surface area contributed by atoms with E-state index < -0.39 is 97.2 Å². The van der Waals surface area contributed by atoms with Gasteiger partial charge in [-0.25, -0.2) is 53.4 Å². The molecular weight excluding hydrogens is 1300 g/mol. The molecule has 8 N–H and O–H groups in total. The van der Waals surface area contributed by atoms with Crippen LogP contribution in [0.1, 0.15) is 60.1 Å². The highest BCUT2D eigenvalue weighted by atomic mass is 32.2. The van der Waals surface area contributed by atoms with Gasteiger partial charge in [0.25, 0.3) is 40.4 Å². The molecule has 38 heteroatoms. The molecule has 0 aliphatic carbocycles. The highest BCUT2D eigenvalue weighted by Crippen LogP contribution is 2.13. The van der Waals surface area contributed by atoms with Crippen molar-refractivity contribution in [3.63, 3.8) is 0 Å². The van der Waals surface area contributed by atoms with Crippen LogP contribution in [0.15, 0.2) is 177 Å². The van der Waals surface area contributed by atoms with Crippen molar-refractivity contribution in [2.24, 2.45) is 10.3 Å². The second kappa shape index (κ2) is 44.2. The topological polar surface area (TPSA) is 531 Å². The smallest absolute Gasteiger partial charge is 0.307 e. The number of aliphatic carboxylic acids is 2. The maximum absolute atomic E-state index is 12.0. The second-order valence-electron chi connectivity index (χ2n) is 17.4. The molecule has 0 radical (unpaired) electrons. The van der Waals surface area contributed by atoms with Gasteiger partial charge in [-0.05, 0) is 101 Å². The number of benzene rings is 6. The summed E-state index contributed by atoms with van der Waals surface area (Å²) >= 11 is 0. The maximum atomic E-state index is 12.0. The fourth-order valence-electron chi connectivity index (χ4n) is 5.58. The number of nitrogens with two attached hydrogens (primary N) is 2. The average molecular weight is 1370 g/mol. The van der Waals surface area contributed by atoms with E-state index in [0.29, 0.717) is 0 Å². The van der Waals surface area contributed by atoms with Crippen molar-refractivity contribution in [2.75, 3.05) is 26.4 Å². The monoisotopic (exact) mass is 1370 g/mol. The van der Waals surface area contributed by atoms with Crippen LogP contribution in [0, 0.1) is 68.2 Å². The third kappa shape index (κ3) is 44.2. The Bertz CT molecular complexity index is 3620. The van der Waals surface area contributed by atoms with E-state index in [1.54, 1.807) is 110 Å². The minimum absolute atomic E-state index is 0.0337. The lowest BCUT2D eigenvalue weighted by Crippen LogP contribution is -2.31. The van der Waals surface area contributed by atoms with E-state index in [0.717, 1.165) is 33.4 Å². The summed E-state index contributed by atoms with van der Waals surface area (Å²) in [5.74, 6) is -3.32. The molecule has 0 aliphatic rings. The van der Waals surface area contributed by atoms with Gasteiger partial charge in [-0.2, -0.15) is 0 Å². The van der Waals surface area contributed by atoms with Gasteiger partial charge >= 0.3 is 11.9 Å². The molecule has 0 heterocycles. The number of aryl methyl sites for hydroxylation is 4. The lowest BCUT2D eigenvalue weighted by molar-refractivity contribution is -0.757. The van der Waals surface area contributed by atoms with E-state index in [9.17, 15) is 93.3 Å². The van der Waals surface area contributed by atoms with Crippen molar-refractivity contribution < 1.29 is 103 Å². The van der Waals surface area contributed by atoms with Gasteiger partial charge in [0.05, 0.1) is 58.5 Å². The Labute approximate surface area is 528 Å². The molecule has 6 aromatic carbocycles. The quantitative estimate of drug-likeness (QED) is 0.0378. The van der Waals surface area contributed by atoms with E-state index >= 15 is 0 Å². The van der Waals surface area contributed by atoms with Gasteiger partial charge in [0, 0.05) is 0 Å². The van der Waals surface area contributed by atoms with Crippen LogP contribution in [-0.4, -0.2) is 114 Å². The number of carbonyl (C=O) groups is 4. The number of carboxylic acid groups (broad SMARTS) is 2. The van der Waals surface area contributed by atoms with Crippen LogP contribution >= 0.6 is 0 Å². The average Bonchev–Trinajstić information content (AvgIpc) is 1.20. The summed E-state index contributed by atoms with van der Waals surface area (Å²) in [5.41, 5.74) is 5.47. The van der Waals surface area contributed by atoms with Crippen LogP contribution in [0.25, 0.3) is 0 Å². The van der Waals surface area contributed by atoms with E-state index in [-0.39, 0.29) is 58.7 Å². The summed E-state index contributed by atoms with van der Waals surface area (Å²) in [6.45, 7) is 9.92. The minimum Gasteiger partial charge on any atom is -0.481 e. The molecule has 0 saturated heterocycles. The van der Waals surface area contributed by atoms with Gasteiger partial charge < -0.3 is 29.6 Å². The van der Waals surface area contributed by atoms with Crippen LogP contribution in [0.3, 0.4) is 0 Å². The summed E-state index contributed by atoms with van der Waals surface area (Å²) in [6.07, 6.45) is -0.625. The minimum atomic E-state index is -3.95. The van der Waals surface area contributed by atoms with E-state index in [4.69, 9.17) is 20.5 Å². The number of carbonyl (C=O) groups excluding carboxylic acids is 2. The van der Waals surface area contributed by atoms with Gasteiger partial charge in [0.2, 0.25) is 31.9 Å². The SMILES string of the molecule is CCO[N+](=O)[O-].CCO[N+](=O)[O-].Cc1ccc(S(=O)(=O)NC(=O)CCO[N+](=O)[O-])cc1.Cc1ccc(S(=O)(=O)NC(=O)Cc2ccccc2)cc1.Cc1ccc(S(N)(=O)=O)cc1.Cc1ccc(S(N)(=O)=O)cc1.O=C(O)CCO[N+](=O)[O-].O=C(O)Cc1ccccc1. The first-order valence-corrected chi connectivity index (χ1v) is 31.8.